The molecule has 3 heterocycles. The molecule has 0 bridgehead atoms. The summed E-state index contributed by atoms with van der Waals surface area (Å²) in [6.07, 6.45) is 4.29. The van der Waals surface area contributed by atoms with E-state index in [-0.39, 0.29) is 11.9 Å². The van der Waals surface area contributed by atoms with Gasteiger partial charge in [-0.15, -0.1) is 0 Å². The van der Waals surface area contributed by atoms with E-state index in [2.05, 4.69) is 30.4 Å². The van der Waals surface area contributed by atoms with Crippen molar-refractivity contribution in [3.8, 4) is 11.3 Å². The van der Waals surface area contributed by atoms with E-state index >= 15 is 0 Å². The molecule has 2 aromatic heterocycles. The average molecular weight is 348 g/mol. The molecule has 1 atom stereocenters. The van der Waals surface area contributed by atoms with Gasteiger partial charge in [-0.05, 0) is 25.0 Å². The molecule has 1 saturated heterocycles. The van der Waals surface area contributed by atoms with Crippen LogP contribution in [-0.4, -0.2) is 45.2 Å². The Bertz CT molecular complexity index is 907. The van der Waals surface area contributed by atoms with Crippen molar-refractivity contribution in [3.05, 3.63) is 60.0 Å². The topological polar surface area (TPSA) is 86.8 Å². The van der Waals surface area contributed by atoms with Crippen LogP contribution in [0.1, 0.15) is 22.5 Å². The minimum Gasteiger partial charge on any atom is -0.346 e. The Kier molecular flexibility index (Phi) is 4.35. The lowest BCUT2D eigenvalue weighted by molar-refractivity contribution is 0.0934. The van der Waals surface area contributed by atoms with Gasteiger partial charge in [-0.25, -0.2) is 9.97 Å². The Morgan fingerprint density at radius 1 is 1.27 bits per heavy atom. The number of carbonyl (C=O) groups excluding carboxylic acids is 1. The van der Waals surface area contributed by atoms with Crippen LogP contribution in [0.2, 0.25) is 0 Å². The first-order chi connectivity index (χ1) is 12.7. The van der Waals surface area contributed by atoms with Gasteiger partial charge in [-0.1, -0.05) is 30.3 Å². The van der Waals surface area contributed by atoms with Crippen molar-refractivity contribution in [2.45, 2.75) is 19.4 Å². The van der Waals surface area contributed by atoms with E-state index in [0.29, 0.717) is 18.2 Å². The molecule has 0 spiro atoms. The number of amides is 1. The summed E-state index contributed by atoms with van der Waals surface area (Å²) in [5.41, 5.74) is 3.33. The first-order valence-corrected chi connectivity index (χ1v) is 8.65. The fourth-order valence-electron chi connectivity index (χ4n) is 3.16. The van der Waals surface area contributed by atoms with Crippen molar-refractivity contribution in [2.24, 2.45) is 0 Å². The van der Waals surface area contributed by atoms with Crippen molar-refractivity contribution < 1.29 is 4.79 Å². The molecule has 0 radical (unpaired) electrons. The number of H-pyrrole nitrogens is 1. The van der Waals surface area contributed by atoms with Gasteiger partial charge >= 0.3 is 0 Å². The van der Waals surface area contributed by atoms with Crippen LogP contribution in [0.4, 0.5) is 5.95 Å². The molecule has 26 heavy (non-hydrogen) atoms. The Morgan fingerprint density at radius 3 is 2.88 bits per heavy atom. The van der Waals surface area contributed by atoms with Gasteiger partial charge in [0, 0.05) is 30.9 Å². The zero-order chi connectivity index (χ0) is 17.9. The third-order valence-electron chi connectivity index (χ3n) is 4.57. The highest BCUT2D eigenvalue weighted by molar-refractivity contribution is 5.93. The van der Waals surface area contributed by atoms with Crippen LogP contribution < -0.4 is 10.2 Å². The number of anilines is 1. The SMILES string of the molecule is Cc1cn[nH]c1C(=O)NC1CCN(c2nccc(-c3ccccc3)n2)C1. The molecule has 4 rings (SSSR count). The molecule has 3 aromatic rings. The van der Waals surface area contributed by atoms with E-state index in [1.165, 1.54) is 0 Å². The summed E-state index contributed by atoms with van der Waals surface area (Å²) < 4.78 is 0. The van der Waals surface area contributed by atoms with Crippen molar-refractivity contribution >= 4 is 11.9 Å². The summed E-state index contributed by atoms with van der Waals surface area (Å²) >= 11 is 0. The van der Waals surface area contributed by atoms with Gasteiger partial charge in [0.1, 0.15) is 5.69 Å². The zero-order valence-corrected chi connectivity index (χ0v) is 14.5. The van der Waals surface area contributed by atoms with Gasteiger partial charge in [-0.2, -0.15) is 5.10 Å². The fourth-order valence-corrected chi connectivity index (χ4v) is 3.16. The number of aromatic nitrogens is 4. The van der Waals surface area contributed by atoms with Crippen LogP contribution in [0.25, 0.3) is 11.3 Å². The summed E-state index contributed by atoms with van der Waals surface area (Å²) in [5, 5.41) is 9.71. The molecule has 7 nitrogen and oxygen atoms in total. The van der Waals surface area contributed by atoms with Gasteiger partial charge in [-0.3, -0.25) is 9.89 Å². The number of carbonyl (C=O) groups is 1. The largest absolute Gasteiger partial charge is 0.346 e. The first kappa shape index (κ1) is 16.3. The average Bonchev–Trinajstić information content (AvgIpc) is 3.31. The number of rotatable bonds is 4. The highest BCUT2D eigenvalue weighted by Gasteiger charge is 2.26. The number of nitrogens with one attached hydrogen (secondary N) is 2. The summed E-state index contributed by atoms with van der Waals surface area (Å²) in [6.45, 7) is 3.37. The third-order valence-corrected chi connectivity index (χ3v) is 4.57. The van der Waals surface area contributed by atoms with Crippen LogP contribution in [0.5, 0.6) is 0 Å². The summed E-state index contributed by atoms with van der Waals surface area (Å²) in [4.78, 5) is 23.5. The lowest BCUT2D eigenvalue weighted by Crippen LogP contribution is -2.37. The number of benzene rings is 1. The highest BCUT2D eigenvalue weighted by atomic mass is 16.2. The predicted molar refractivity (Wildman–Crippen MR) is 98.9 cm³/mol. The maximum absolute atomic E-state index is 12.3. The predicted octanol–water partition coefficient (Wildman–Crippen LogP) is 2.18. The minimum absolute atomic E-state index is 0.0641. The number of hydrogen-bond donors (Lipinski definition) is 2. The van der Waals surface area contributed by atoms with Gasteiger partial charge in [0.2, 0.25) is 5.95 Å². The second kappa shape index (κ2) is 6.95. The fraction of sp³-hybridized carbons (Fsp3) is 0.263. The molecule has 1 unspecified atom stereocenters. The molecule has 1 aliphatic heterocycles. The number of aromatic amines is 1. The lowest BCUT2D eigenvalue weighted by Gasteiger charge is -2.17. The first-order valence-electron chi connectivity index (χ1n) is 8.65. The smallest absolute Gasteiger partial charge is 0.269 e. The van der Waals surface area contributed by atoms with Crippen LogP contribution in [0.3, 0.4) is 0 Å². The number of aryl methyl sites for hydroxylation is 1. The van der Waals surface area contributed by atoms with Gasteiger partial charge in [0.05, 0.1) is 11.9 Å². The molecular weight excluding hydrogens is 328 g/mol. The monoisotopic (exact) mass is 348 g/mol. The molecular formula is C19H20N6O. The molecule has 7 heteroatoms. The molecule has 132 valence electrons. The second-order valence-electron chi connectivity index (χ2n) is 6.44. The van der Waals surface area contributed by atoms with Gasteiger partial charge in [0.15, 0.2) is 0 Å². The van der Waals surface area contributed by atoms with Crippen LogP contribution in [0, 0.1) is 6.92 Å². The molecule has 1 fully saturated rings. The molecule has 1 amide bonds. The van der Waals surface area contributed by atoms with Crippen molar-refractivity contribution in [3.63, 3.8) is 0 Å². The Balaban J connectivity index is 1.44. The molecule has 1 aliphatic rings. The van der Waals surface area contributed by atoms with Crippen LogP contribution in [0.15, 0.2) is 48.8 Å². The zero-order valence-electron chi connectivity index (χ0n) is 14.5. The summed E-state index contributed by atoms with van der Waals surface area (Å²) in [5.74, 6) is 0.576. The molecule has 0 aliphatic carbocycles. The van der Waals surface area contributed by atoms with E-state index in [4.69, 9.17) is 0 Å². The molecule has 0 saturated carbocycles. The van der Waals surface area contributed by atoms with E-state index in [1.54, 1.807) is 12.4 Å². The number of hydrogen-bond acceptors (Lipinski definition) is 5. The van der Waals surface area contributed by atoms with Gasteiger partial charge in [0.25, 0.3) is 5.91 Å². The second-order valence-corrected chi connectivity index (χ2v) is 6.44. The maximum Gasteiger partial charge on any atom is 0.269 e. The van der Waals surface area contributed by atoms with Crippen molar-refractivity contribution in [2.75, 3.05) is 18.0 Å². The third kappa shape index (κ3) is 3.28. The Labute approximate surface area is 151 Å². The normalized spacial score (nSPS) is 16.7. The lowest BCUT2D eigenvalue weighted by atomic mass is 10.1. The van der Waals surface area contributed by atoms with Crippen molar-refractivity contribution in [1.82, 2.24) is 25.5 Å². The van der Waals surface area contributed by atoms with Crippen LogP contribution >= 0.6 is 0 Å². The van der Waals surface area contributed by atoms with Crippen molar-refractivity contribution in [1.29, 1.82) is 0 Å². The van der Waals surface area contributed by atoms with E-state index < -0.39 is 0 Å². The van der Waals surface area contributed by atoms with E-state index in [0.717, 1.165) is 29.8 Å². The summed E-state index contributed by atoms with van der Waals surface area (Å²) in [7, 11) is 0. The number of nitrogens with zero attached hydrogens (tertiary/aromatic N) is 4. The maximum atomic E-state index is 12.3. The standard InChI is InChI=1S/C19H20N6O/c1-13-11-21-24-17(13)18(26)22-15-8-10-25(12-15)19-20-9-7-16(23-19)14-5-3-2-4-6-14/h2-7,9,11,15H,8,10,12H2,1H3,(H,21,24)(H,22,26). The summed E-state index contributed by atoms with van der Waals surface area (Å²) in [6, 6.07) is 12.0. The van der Waals surface area contributed by atoms with E-state index in [1.807, 2.05) is 43.3 Å². The quantitative estimate of drug-likeness (QED) is 0.755. The molecule has 2 N–H and O–H groups in total. The van der Waals surface area contributed by atoms with Crippen LogP contribution in [-0.2, 0) is 0 Å². The molecule has 1 aromatic carbocycles. The van der Waals surface area contributed by atoms with E-state index in [9.17, 15) is 4.79 Å². The van der Waals surface area contributed by atoms with Gasteiger partial charge < -0.3 is 10.2 Å². The highest BCUT2D eigenvalue weighted by Crippen LogP contribution is 2.21. The minimum atomic E-state index is -0.120. The Morgan fingerprint density at radius 2 is 2.12 bits per heavy atom. The Hall–Kier alpha value is -3.22.